The lowest BCUT2D eigenvalue weighted by Crippen LogP contribution is -2.30. The van der Waals surface area contributed by atoms with Crippen molar-refractivity contribution in [1.82, 2.24) is 0 Å². The van der Waals surface area contributed by atoms with Crippen LogP contribution in [0.3, 0.4) is 0 Å². The van der Waals surface area contributed by atoms with Crippen LogP contribution in [0.5, 0.6) is 0 Å². The van der Waals surface area contributed by atoms with Crippen molar-refractivity contribution in [2.75, 3.05) is 13.2 Å². The normalized spacial score (nSPS) is 12.5. The molecule has 6 nitrogen and oxygen atoms in total. The third-order valence-corrected chi connectivity index (χ3v) is 13.2. The second-order valence-electron chi connectivity index (χ2n) is 20.2. The lowest BCUT2D eigenvalue weighted by molar-refractivity contribution is -0.167. The zero-order chi connectivity index (χ0) is 51.4. The number of hydrogen-bond donors (Lipinski definition) is 0. The molecule has 71 heavy (non-hydrogen) atoms. The maximum absolute atomic E-state index is 12.9. The number of allylic oxidation sites excluding steroid dienone is 12. The van der Waals surface area contributed by atoms with E-state index in [2.05, 4.69) is 93.7 Å². The van der Waals surface area contributed by atoms with Crippen LogP contribution in [0.15, 0.2) is 72.9 Å². The Bertz CT molecular complexity index is 1320. The molecule has 1 unspecified atom stereocenters. The minimum absolute atomic E-state index is 0.0852. The number of carbonyl (C=O) groups excluding carboxylic acids is 3. The fourth-order valence-electron chi connectivity index (χ4n) is 8.60. The molecule has 6 heteroatoms. The Balaban J connectivity index is 4.34. The second-order valence-corrected chi connectivity index (χ2v) is 20.2. The van der Waals surface area contributed by atoms with Gasteiger partial charge in [-0.25, -0.2) is 0 Å². The van der Waals surface area contributed by atoms with E-state index in [1.165, 1.54) is 154 Å². The third-order valence-electron chi connectivity index (χ3n) is 13.2. The number of unbranched alkanes of at least 4 members (excludes halogenated alkanes) is 32. The molecule has 0 bridgehead atoms. The molecule has 0 aliphatic carbocycles. The van der Waals surface area contributed by atoms with Crippen LogP contribution in [-0.4, -0.2) is 37.2 Å². The average molecular weight is 992 g/mol. The lowest BCUT2D eigenvalue weighted by Gasteiger charge is -2.18. The first kappa shape index (κ1) is 67.8. The third kappa shape index (κ3) is 57.6. The van der Waals surface area contributed by atoms with E-state index >= 15 is 0 Å². The van der Waals surface area contributed by atoms with Gasteiger partial charge in [0.05, 0.1) is 0 Å². The van der Waals surface area contributed by atoms with Gasteiger partial charge in [0.15, 0.2) is 6.10 Å². The van der Waals surface area contributed by atoms with Crippen LogP contribution in [-0.2, 0) is 28.6 Å². The van der Waals surface area contributed by atoms with Gasteiger partial charge in [-0.15, -0.1) is 0 Å². The highest BCUT2D eigenvalue weighted by molar-refractivity contribution is 5.71. The van der Waals surface area contributed by atoms with Crippen LogP contribution in [0.4, 0.5) is 0 Å². The molecular weight excluding hydrogens is 877 g/mol. The number of ether oxygens (including phenoxy) is 3. The molecule has 0 fully saturated rings. The summed E-state index contributed by atoms with van der Waals surface area (Å²) in [7, 11) is 0. The maximum atomic E-state index is 12.9. The van der Waals surface area contributed by atoms with Gasteiger partial charge in [-0.1, -0.05) is 248 Å². The number of esters is 3. The van der Waals surface area contributed by atoms with Crippen molar-refractivity contribution < 1.29 is 28.6 Å². The standard InChI is InChI=1S/C65H114O6/c1-4-7-10-13-16-19-22-25-28-29-30-31-32-33-34-35-38-40-43-46-49-52-55-58-64(67)70-61-62(71-65(68)59-56-53-50-47-44-41-37-27-24-21-18-15-12-9-6-3)60-69-63(66)57-54-51-48-45-42-39-36-26-23-20-17-14-11-8-5-2/h9,12,18,21-22,25-27,29-30,36-37,62H,4-8,10-11,13-17,19-20,23-24,28,31-35,38-61H2,1-3H3/b12-9-,21-18-,25-22-,30-29-,36-26-,37-27-. The summed E-state index contributed by atoms with van der Waals surface area (Å²) in [5.41, 5.74) is 0. The molecule has 0 radical (unpaired) electrons. The Morgan fingerprint density at radius 1 is 0.296 bits per heavy atom. The molecular formula is C65H114O6. The summed E-state index contributed by atoms with van der Waals surface area (Å²) in [4.78, 5) is 38.2. The molecule has 0 N–H and O–H groups in total. The van der Waals surface area contributed by atoms with Gasteiger partial charge in [0.2, 0.25) is 0 Å². The Labute approximate surface area is 440 Å². The van der Waals surface area contributed by atoms with E-state index in [1.807, 2.05) is 0 Å². The van der Waals surface area contributed by atoms with Crippen molar-refractivity contribution in [3.63, 3.8) is 0 Å². The van der Waals surface area contributed by atoms with E-state index in [4.69, 9.17) is 14.2 Å². The van der Waals surface area contributed by atoms with Crippen LogP contribution in [0, 0.1) is 0 Å². The monoisotopic (exact) mass is 991 g/mol. The van der Waals surface area contributed by atoms with Crippen molar-refractivity contribution in [1.29, 1.82) is 0 Å². The fraction of sp³-hybridized carbons (Fsp3) is 0.769. The van der Waals surface area contributed by atoms with Gasteiger partial charge >= 0.3 is 17.9 Å². The second kappa shape index (κ2) is 59.4. The highest BCUT2D eigenvalue weighted by Gasteiger charge is 2.19. The predicted molar refractivity (Wildman–Crippen MR) is 307 cm³/mol. The molecule has 0 rings (SSSR count). The molecule has 0 saturated carbocycles. The Kier molecular flexibility index (Phi) is 56.8. The van der Waals surface area contributed by atoms with Gasteiger partial charge in [0.25, 0.3) is 0 Å². The van der Waals surface area contributed by atoms with E-state index in [0.717, 1.165) is 109 Å². The molecule has 0 aromatic heterocycles. The molecule has 0 amide bonds. The summed E-state index contributed by atoms with van der Waals surface area (Å²) in [5, 5.41) is 0. The number of hydrogen-bond acceptors (Lipinski definition) is 6. The van der Waals surface area contributed by atoms with E-state index in [-0.39, 0.29) is 31.1 Å². The highest BCUT2D eigenvalue weighted by Crippen LogP contribution is 2.16. The summed E-state index contributed by atoms with van der Waals surface area (Å²) < 4.78 is 16.9. The van der Waals surface area contributed by atoms with E-state index in [9.17, 15) is 14.4 Å². The van der Waals surface area contributed by atoms with Gasteiger partial charge < -0.3 is 14.2 Å². The van der Waals surface area contributed by atoms with E-state index in [0.29, 0.717) is 19.3 Å². The zero-order valence-electron chi connectivity index (χ0n) is 47.0. The first-order chi connectivity index (χ1) is 35.0. The van der Waals surface area contributed by atoms with Crippen molar-refractivity contribution in [3.05, 3.63) is 72.9 Å². The van der Waals surface area contributed by atoms with Crippen LogP contribution < -0.4 is 0 Å². The van der Waals surface area contributed by atoms with Crippen molar-refractivity contribution in [2.45, 2.75) is 309 Å². The van der Waals surface area contributed by atoms with Crippen LogP contribution in [0.2, 0.25) is 0 Å². The molecule has 0 aliphatic heterocycles. The smallest absolute Gasteiger partial charge is 0.306 e. The molecule has 0 heterocycles. The number of carbonyl (C=O) groups is 3. The Morgan fingerprint density at radius 2 is 0.549 bits per heavy atom. The Hall–Kier alpha value is -3.15. The minimum atomic E-state index is -0.789. The van der Waals surface area contributed by atoms with Crippen molar-refractivity contribution in [3.8, 4) is 0 Å². The highest BCUT2D eigenvalue weighted by atomic mass is 16.6. The van der Waals surface area contributed by atoms with Gasteiger partial charge in [0, 0.05) is 19.3 Å². The Morgan fingerprint density at radius 3 is 0.873 bits per heavy atom. The lowest BCUT2D eigenvalue weighted by atomic mass is 10.0. The van der Waals surface area contributed by atoms with Crippen molar-refractivity contribution in [2.24, 2.45) is 0 Å². The van der Waals surface area contributed by atoms with Crippen LogP contribution in [0.25, 0.3) is 0 Å². The zero-order valence-corrected chi connectivity index (χ0v) is 47.0. The molecule has 0 spiro atoms. The summed E-state index contributed by atoms with van der Waals surface area (Å²) in [6.45, 7) is 6.52. The first-order valence-electron chi connectivity index (χ1n) is 30.4. The van der Waals surface area contributed by atoms with Gasteiger partial charge in [-0.05, 0) is 109 Å². The maximum Gasteiger partial charge on any atom is 0.306 e. The summed E-state index contributed by atoms with van der Waals surface area (Å²) in [6.07, 6.45) is 76.1. The van der Waals surface area contributed by atoms with Crippen molar-refractivity contribution >= 4 is 17.9 Å². The largest absolute Gasteiger partial charge is 0.462 e. The summed E-state index contributed by atoms with van der Waals surface area (Å²) in [6, 6.07) is 0. The number of rotatable bonds is 55. The molecule has 1 atom stereocenters. The topological polar surface area (TPSA) is 78.9 Å². The molecule has 0 aromatic carbocycles. The van der Waals surface area contributed by atoms with Gasteiger partial charge in [0.1, 0.15) is 13.2 Å². The first-order valence-corrected chi connectivity index (χ1v) is 30.4. The molecule has 0 aliphatic rings. The van der Waals surface area contributed by atoms with Crippen LogP contribution in [0.1, 0.15) is 303 Å². The fourth-order valence-corrected chi connectivity index (χ4v) is 8.60. The SMILES string of the molecule is CC/C=C\C/C=C\C/C=C\CCCCCCCC(=O)OC(COC(=O)CCCCCCC/C=C\CCCCCCCC)COC(=O)CCCCCCCCCCCCC/C=C\C/C=C\CCCCCCC. The summed E-state index contributed by atoms with van der Waals surface area (Å²) >= 11 is 0. The summed E-state index contributed by atoms with van der Waals surface area (Å²) in [5.74, 6) is -0.902. The van der Waals surface area contributed by atoms with E-state index < -0.39 is 6.10 Å². The van der Waals surface area contributed by atoms with E-state index in [1.54, 1.807) is 0 Å². The van der Waals surface area contributed by atoms with Gasteiger partial charge in [-0.2, -0.15) is 0 Å². The minimum Gasteiger partial charge on any atom is -0.462 e. The average Bonchev–Trinajstić information content (AvgIpc) is 3.37. The van der Waals surface area contributed by atoms with Gasteiger partial charge in [-0.3, -0.25) is 14.4 Å². The van der Waals surface area contributed by atoms with Crippen LogP contribution >= 0.6 is 0 Å². The quantitative estimate of drug-likeness (QED) is 0.0261. The molecule has 410 valence electrons. The molecule has 0 saturated heterocycles. The molecule has 0 aromatic rings. The predicted octanol–water partition coefficient (Wildman–Crippen LogP) is 20.5.